The van der Waals surface area contributed by atoms with Gasteiger partial charge >= 0.3 is 11.8 Å². The summed E-state index contributed by atoms with van der Waals surface area (Å²) in [5.41, 5.74) is 1.01. The zero-order valence-electron chi connectivity index (χ0n) is 14.3. The first-order chi connectivity index (χ1) is 13.5. The molecule has 11 heteroatoms. The molecule has 2 amide bonds. The van der Waals surface area contributed by atoms with Gasteiger partial charge in [0.15, 0.2) is 0 Å². The lowest BCUT2D eigenvalue weighted by atomic mass is 10.3. The minimum atomic E-state index is -0.723. The number of carbonyl (C=O) groups is 2. The predicted octanol–water partition coefficient (Wildman–Crippen LogP) is 2.61. The Hall–Kier alpha value is -3.60. The van der Waals surface area contributed by atoms with Crippen molar-refractivity contribution >= 4 is 29.0 Å². The zero-order chi connectivity index (χ0) is 19.7. The fourth-order valence-corrected chi connectivity index (χ4v) is 3.61. The van der Waals surface area contributed by atoms with Gasteiger partial charge in [0.2, 0.25) is 5.76 Å². The molecule has 0 aromatic carbocycles. The molecular weight excluding hydrogens is 386 g/mol. The van der Waals surface area contributed by atoms with Gasteiger partial charge in [-0.25, -0.2) is 15.0 Å². The van der Waals surface area contributed by atoms with E-state index in [9.17, 15) is 19.7 Å². The summed E-state index contributed by atoms with van der Waals surface area (Å²) >= 11 is 1.31. The third kappa shape index (κ3) is 3.22. The van der Waals surface area contributed by atoms with Crippen LogP contribution in [0.3, 0.4) is 0 Å². The van der Waals surface area contributed by atoms with Gasteiger partial charge in [0, 0.05) is 36.4 Å². The van der Waals surface area contributed by atoms with E-state index in [1.165, 1.54) is 27.4 Å². The summed E-state index contributed by atoms with van der Waals surface area (Å²) in [6.45, 7) is 0.645. The largest absolute Gasteiger partial charge is 0.433 e. The van der Waals surface area contributed by atoms with E-state index in [2.05, 4.69) is 9.97 Å². The van der Waals surface area contributed by atoms with Gasteiger partial charge in [-0.1, -0.05) is 0 Å². The SMILES string of the molecule is O=C(c1csc(-c2cccnc2)n1)N1CCCN1C(=O)c1ccc([N+](=O)[O-])o1. The van der Waals surface area contributed by atoms with E-state index >= 15 is 0 Å². The van der Waals surface area contributed by atoms with Crippen LogP contribution in [0.2, 0.25) is 0 Å². The van der Waals surface area contributed by atoms with Crippen LogP contribution < -0.4 is 0 Å². The normalized spacial score (nSPS) is 13.7. The first-order valence-electron chi connectivity index (χ1n) is 8.28. The molecule has 0 saturated carbocycles. The molecule has 142 valence electrons. The Morgan fingerprint density at radius 1 is 1.18 bits per heavy atom. The summed E-state index contributed by atoms with van der Waals surface area (Å²) in [6.07, 6.45) is 3.89. The van der Waals surface area contributed by atoms with Gasteiger partial charge in [-0.15, -0.1) is 11.3 Å². The van der Waals surface area contributed by atoms with Gasteiger partial charge in [0.1, 0.15) is 15.6 Å². The van der Waals surface area contributed by atoms with Crippen LogP contribution in [0.4, 0.5) is 5.88 Å². The summed E-state index contributed by atoms with van der Waals surface area (Å²) in [4.78, 5) is 43.9. The topological polar surface area (TPSA) is 123 Å². The third-order valence-corrected chi connectivity index (χ3v) is 5.01. The van der Waals surface area contributed by atoms with Crippen LogP contribution >= 0.6 is 11.3 Å². The fourth-order valence-electron chi connectivity index (χ4n) is 2.83. The van der Waals surface area contributed by atoms with Crippen LogP contribution in [0.25, 0.3) is 10.6 Å². The van der Waals surface area contributed by atoms with E-state index in [1.54, 1.807) is 23.8 Å². The lowest BCUT2D eigenvalue weighted by Crippen LogP contribution is -2.44. The number of hydrogen-bond acceptors (Lipinski definition) is 8. The highest BCUT2D eigenvalue weighted by atomic mass is 32.1. The highest BCUT2D eigenvalue weighted by Crippen LogP contribution is 2.26. The maximum Gasteiger partial charge on any atom is 0.433 e. The molecule has 1 aliphatic rings. The Kier molecular flexibility index (Phi) is 4.57. The van der Waals surface area contributed by atoms with Gasteiger partial charge in [0.05, 0.1) is 6.07 Å². The molecule has 3 aromatic rings. The predicted molar refractivity (Wildman–Crippen MR) is 97.4 cm³/mol. The monoisotopic (exact) mass is 399 g/mol. The molecule has 3 aromatic heterocycles. The van der Waals surface area contributed by atoms with Crippen LogP contribution in [-0.4, -0.2) is 49.8 Å². The molecule has 4 rings (SSSR count). The van der Waals surface area contributed by atoms with Crippen LogP contribution in [0, 0.1) is 10.1 Å². The maximum atomic E-state index is 12.9. The van der Waals surface area contributed by atoms with Crippen LogP contribution in [0.1, 0.15) is 27.5 Å². The number of nitro groups is 1. The van der Waals surface area contributed by atoms with Crippen molar-refractivity contribution in [2.24, 2.45) is 0 Å². The smallest absolute Gasteiger partial charge is 0.395 e. The van der Waals surface area contributed by atoms with Gasteiger partial charge in [-0.05, 0) is 24.6 Å². The number of nitrogens with zero attached hydrogens (tertiary/aromatic N) is 5. The first kappa shape index (κ1) is 17.8. The number of thiazole rings is 1. The first-order valence-corrected chi connectivity index (χ1v) is 9.16. The van der Waals surface area contributed by atoms with Crippen molar-refractivity contribution in [1.82, 2.24) is 20.0 Å². The second-order valence-corrected chi connectivity index (χ2v) is 6.74. The summed E-state index contributed by atoms with van der Waals surface area (Å²) in [6, 6.07) is 5.96. The number of furan rings is 1. The molecule has 0 atom stereocenters. The molecule has 0 aliphatic carbocycles. The van der Waals surface area contributed by atoms with Gasteiger partial charge < -0.3 is 4.42 Å². The Morgan fingerprint density at radius 2 is 1.96 bits per heavy atom. The highest BCUT2D eigenvalue weighted by Gasteiger charge is 2.35. The minimum absolute atomic E-state index is 0.194. The average molecular weight is 399 g/mol. The Balaban J connectivity index is 1.54. The molecule has 0 radical (unpaired) electrons. The molecule has 28 heavy (non-hydrogen) atoms. The summed E-state index contributed by atoms with van der Waals surface area (Å²) < 4.78 is 4.97. The molecule has 1 aliphatic heterocycles. The molecule has 1 fully saturated rings. The molecule has 0 bridgehead atoms. The maximum absolute atomic E-state index is 12.9. The van der Waals surface area contributed by atoms with E-state index in [4.69, 9.17) is 4.42 Å². The van der Waals surface area contributed by atoms with Gasteiger partial charge in [-0.3, -0.25) is 24.7 Å². The van der Waals surface area contributed by atoms with Crippen molar-refractivity contribution in [3.05, 3.63) is 63.6 Å². The number of aromatic nitrogens is 2. The molecule has 1 saturated heterocycles. The summed E-state index contributed by atoms with van der Waals surface area (Å²) in [5.74, 6) is -1.75. The van der Waals surface area contributed by atoms with E-state index in [-0.39, 0.29) is 11.5 Å². The fraction of sp³-hybridized carbons (Fsp3) is 0.176. The lowest BCUT2D eigenvalue weighted by molar-refractivity contribution is -0.402. The van der Waals surface area contributed by atoms with Gasteiger partial charge in [-0.2, -0.15) is 0 Å². The standard InChI is InChI=1S/C17H13N5O5S/c23-16(12-10-28-15(19-12)11-3-1-6-18-9-11)20-7-2-8-21(20)17(24)13-4-5-14(27-13)22(25)26/h1,3-6,9-10H,2,7-8H2. The van der Waals surface area contributed by atoms with Crippen molar-refractivity contribution < 1.29 is 18.9 Å². The summed E-state index contributed by atoms with van der Waals surface area (Å²) in [7, 11) is 0. The van der Waals surface area contributed by atoms with Crippen LogP contribution in [0.5, 0.6) is 0 Å². The Bertz CT molecular complexity index is 1050. The number of pyridine rings is 1. The second kappa shape index (κ2) is 7.19. The van der Waals surface area contributed by atoms with Crippen molar-refractivity contribution in [2.75, 3.05) is 13.1 Å². The van der Waals surface area contributed by atoms with Crippen molar-refractivity contribution in [2.45, 2.75) is 6.42 Å². The van der Waals surface area contributed by atoms with Crippen molar-refractivity contribution in [1.29, 1.82) is 0 Å². The van der Waals surface area contributed by atoms with E-state index in [0.29, 0.717) is 24.5 Å². The lowest BCUT2D eigenvalue weighted by Gasteiger charge is -2.26. The number of amides is 2. The van der Waals surface area contributed by atoms with Crippen molar-refractivity contribution in [3.63, 3.8) is 0 Å². The minimum Gasteiger partial charge on any atom is -0.395 e. The Labute approximate surface area is 162 Å². The third-order valence-electron chi connectivity index (χ3n) is 4.11. The van der Waals surface area contributed by atoms with E-state index < -0.39 is 22.6 Å². The second-order valence-electron chi connectivity index (χ2n) is 5.88. The quantitative estimate of drug-likeness (QED) is 0.488. The zero-order valence-corrected chi connectivity index (χ0v) is 15.2. The number of hydrazine groups is 1. The van der Waals surface area contributed by atoms with Crippen LogP contribution in [-0.2, 0) is 0 Å². The van der Waals surface area contributed by atoms with Crippen molar-refractivity contribution in [3.8, 4) is 10.6 Å². The number of rotatable bonds is 4. The van der Waals surface area contributed by atoms with Crippen LogP contribution in [0.15, 0.2) is 46.5 Å². The Morgan fingerprint density at radius 3 is 2.64 bits per heavy atom. The molecule has 0 spiro atoms. The molecular formula is C17H13N5O5S. The number of hydrogen-bond donors (Lipinski definition) is 0. The highest BCUT2D eigenvalue weighted by molar-refractivity contribution is 7.13. The summed E-state index contributed by atoms with van der Waals surface area (Å²) in [5, 5.41) is 15.5. The van der Waals surface area contributed by atoms with E-state index in [1.807, 2.05) is 6.07 Å². The molecule has 4 heterocycles. The number of carbonyl (C=O) groups excluding carboxylic acids is 2. The molecule has 0 unspecified atom stereocenters. The molecule has 0 N–H and O–H groups in total. The van der Waals surface area contributed by atoms with Gasteiger partial charge in [0.25, 0.3) is 5.91 Å². The van der Waals surface area contributed by atoms with E-state index in [0.717, 1.165) is 11.6 Å². The average Bonchev–Trinajstić information content (AvgIpc) is 3.48. The molecule has 10 nitrogen and oxygen atoms in total.